The minimum atomic E-state index is 0.599. The highest BCUT2D eigenvalue weighted by Crippen LogP contribution is 2.04. The fourth-order valence-electron chi connectivity index (χ4n) is 2.06. The van der Waals surface area contributed by atoms with Crippen LogP contribution in [-0.2, 0) is 4.74 Å². The van der Waals surface area contributed by atoms with Crippen molar-refractivity contribution in [2.75, 3.05) is 58.4 Å². The highest BCUT2D eigenvalue weighted by Gasteiger charge is 2.16. The molecule has 0 N–H and O–H groups in total. The standard InChI is InChI=1S/C12H25ClN2O/c1-12(2)11-15-6-4-14(5-7-15)8-10-16-9-3-13/h12H,3-11H2,1-2H3. The van der Waals surface area contributed by atoms with E-state index < -0.39 is 0 Å². The van der Waals surface area contributed by atoms with Crippen LogP contribution in [0.4, 0.5) is 0 Å². The van der Waals surface area contributed by atoms with Gasteiger partial charge in [-0.2, -0.15) is 0 Å². The van der Waals surface area contributed by atoms with E-state index in [1.54, 1.807) is 0 Å². The van der Waals surface area contributed by atoms with E-state index in [-0.39, 0.29) is 0 Å². The molecule has 3 nitrogen and oxygen atoms in total. The Hall–Kier alpha value is 0.170. The van der Waals surface area contributed by atoms with E-state index >= 15 is 0 Å². The number of hydrogen-bond donors (Lipinski definition) is 0. The fraction of sp³-hybridized carbons (Fsp3) is 1.00. The predicted molar refractivity (Wildman–Crippen MR) is 69.3 cm³/mol. The zero-order valence-corrected chi connectivity index (χ0v) is 11.4. The molecule has 0 aromatic carbocycles. The number of hydrogen-bond acceptors (Lipinski definition) is 3. The van der Waals surface area contributed by atoms with Crippen molar-refractivity contribution in [2.45, 2.75) is 13.8 Å². The number of ether oxygens (including phenoxy) is 1. The molecule has 0 bridgehead atoms. The molecule has 96 valence electrons. The SMILES string of the molecule is CC(C)CN1CCN(CCOCCCl)CC1. The molecule has 0 saturated carbocycles. The Kier molecular flexibility index (Phi) is 7.37. The Morgan fingerprint density at radius 1 is 1.06 bits per heavy atom. The Bertz CT molecular complexity index is 170. The van der Waals surface area contributed by atoms with E-state index in [4.69, 9.17) is 16.3 Å². The first-order valence-electron chi connectivity index (χ1n) is 6.30. The summed E-state index contributed by atoms with van der Waals surface area (Å²) in [6.45, 7) is 13.1. The average molecular weight is 249 g/mol. The number of halogens is 1. The summed E-state index contributed by atoms with van der Waals surface area (Å²) in [6.07, 6.45) is 0. The van der Waals surface area contributed by atoms with Crippen molar-refractivity contribution >= 4 is 11.6 Å². The summed E-state index contributed by atoms with van der Waals surface area (Å²) in [5.74, 6) is 1.38. The largest absolute Gasteiger partial charge is 0.379 e. The van der Waals surface area contributed by atoms with E-state index in [1.165, 1.54) is 32.7 Å². The molecule has 16 heavy (non-hydrogen) atoms. The zero-order valence-electron chi connectivity index (χ0n) is 10.6. The van der Waals surface area contributed by atoms with Crippen molar-refractivity contribution in [3.8, 4) is 0 Å². The van der Waals surface area contributed by atoms with Crippen LogP contribution in [0.25, 0.3) is 0 Å². The summed E-state index contributed by atoms with van der Waals surface area (Å²) in [6, 6.07) is 0. The lowest BCUT2D eigenvalue weighted by Gasteiger charge is -2.35. The van der Waals surface area contributed by atoms with Crippen molar-refractivity contribution in [3.05, 3.63) is 0 Å². The molecule has 0 amide bonds. The molecule has 1 aliphatic heterocycles. The van der Waals surface area contributed by atoms with E-state index in [0.717, 1.165) is 19.1 Å². The summed E-state index contributed by atoms with van der Waals surface area (Å²) in [5, 5.41) is 0. The van der Waals surface area contributed by atoms with Gasteiger partial charge in [0.25, 0.3) is 0 Å². The van der Waals surface area contributed by atoms with Crippen LogP contribution < -0.4 is 0 Å². The molecule has 0 aromatic heterocycles. The molecule has 1 heterocycles. The maximum Gasteiger partial charge on any atom is 0.0602 e. The van der Waals surface area contributed by atoms with Crippen molar-refractivity contribution in [1.29, 1.82) is 0 Å². The number of nitrogens with zero attached hydrogens (tertiary/aromatic N) is 2. The number of alkyl halides is 1. The van der Waals surface area contributed by atoms with E-state index in [9.17, 15) is 0 Å². The van der Waals surface area contributed by atoms with Gasteiger partial charge in [-0.3, -0.25) is 4.90 Å². The highest BCUT2D eigenvalue weighted by molar-refractivity contribution is 6.17. The summed E-state index contributed by atoms with van der Waals surface area (Å²) >= 11 is 5.55. The van der Waals surface area contributed by atoms with Crippen molar-refractivity contribution in [3.63, 3.8) is 0 Å². The molecule has 1 saturated heterocycles. The molecule has 0 aromatic rings. The molecule has 1 aliphatic rings. The molecule has 1 rings (SSSR count). The van der Waals surface area contributed by atoms with Crippen LogP contribution in [0.2, 0.25) is 0 Å². The Morgan fingerprint density at radius 2 is 1.69 bits per heavy atom. The second-order valence-corrected chi connectivity index (χ2v) is 5.22. The third-order valence-corrected chi connectivity index (χ3v) is 3.02. The topological polar surface area (TPSA) is 15.7 Å². The van der Waals surface area contributed by atoms with Gasteiger partial charge in [0.1, 0.15) is 0 Å². The van der Waals surface area contributed by atoms with Crippen LogP contribution in [0.5, 0.6) is 0 Å². The second-order valence-electron chi connectivity index (χ2n) is 4.84. The molecule has 0 aliphatic carbocycles. The summed E-state index contributed by atoms with van der Waals surface area (Å²) in [7, 11) is 0. The fourth-order valence-corrected chi connectivity index (χ4v) is 2.17. The molecular weight excluding hydrogens is 224 g/mol. The zero-order chi connectivity index (χ0) is 11.8. The molecule has 0 spiro atoms. The third-order valence-electron chi connectivity index (χ3n) is 2.86. The van der Waals surface area contributed by atoms with Crippen LogP contribution in [0.15, 0.2) is 0 Å². The minimum Gasteiger partial charge on any atom is -0.379 e. The quantitative estimate of drug-likeness (QED) is 0.502. The van der Waals surface area contributed by atoms with Gasteiger partial charge in [-0.05, 0) is 5.92 Å². The minimum absolute atomic E-state index is 0.599. The number of piperazine rings is 1. The first kappa shape index (κ1) is 14.2. The van der Waals surface area contributed by atoms with Gasteiger partial charge in [-0.25, -0.2) is 0 Å². The van der Waals surface area contributed by atoms with Crippen molar-refractivity contribution in [2.24, 2.45) is 5.92 Å². The summed E-state index contributed by atoms with van der Waals surface area (Å²) in [5.41, 5.74) is 0. The maximum atomic E-state index is 5.55. The Labute approximate surface area is 105 Å². The molecule has 1 fully saturated rings. The molecule has 0 atom stereocenters. The Morgan fingerprint density at radius 3 is 2.25 bits per heavy atom. The van der Waals surface area contributed by atoms with Crippen molar-refractivity contribution < 1.29 is 4.74 Å². The van der Waals surface area contributed by atoms with Gasteiger partial charge in [-0.15, -0.1) is 11.6 Å². The van der Waals surface area contributed by atoms with Gasteiger partial charge in [0.05, 0.1) is 13.2 Å². The maximum absolute atomic E-state index is 5.55. The summed E-state index contributed by atoms with van der Waals surface area (Å²) in [4.78, 5) is 5.03. The molecular formula is C12H25ClN2O. The highest BCUT2D eigenvalue weighted by atomic mass is 35.5. The first-order valence-corrected chi connectivity index (χ1v) is 6.84. The average Bonchev–Trinajstić information content (AvgIpc) is 2.26. The molecule has 0 unspecified atom stereocenters. The lowest BCUT2D eigenvalue weighted by atomic mass is 10.2. The van der Waals surface area contributed by atoms with E-state index in [2.05, 4.69) is 23.6 Å². The van der Waals surface area contributed by atoms with Gasteiger partial charge in [0.2, 0.25) is 0 Å². The van der Waals surface area contributed by atoms with Gasteiger partial charge in [0, 0.05) is 45.1 Å². The van der Waals surface area contributed by atoms with Crippen LogP contribution >= 0.6 is 11.6 Å². The smallest absolute Gasteiger partial charge is 0.0602 e. The lowest BCUT2D eigenvalue weighted by Crippen LogP contribution is -2.48. The number of rotatable bonds is 7. The second kappa shape index (κ2) is 8.29. The van der Waals surface area contributed by atoms with E-state index in [1.807, 2.05) is 0 Å². The molecule has 0 radical (unpaired) electrons. The van der Waals surface area contributed by atoms with Gasteiger partial charge in [0.15, 0.2) is 0 Å². The van der Waals surface area contributed by atoms with Crippen molar-refractivity contribution in [1.82, 2.24) is 9.80 Å². The van der Waals surface area contributed by atoms with Gasteiger partial charge in [-0.1, -0.05) is 13.8 Å². The van der Waals surface area contributed by atoms with Crippen LogP contribution in [-0.4, -0.2) is 68.2 Å². The van der Waals surface area contributed by atoms with E-state index in [0.29, 0.717) is 12.5 Å². The van der Waals surface area contributed by atoms with Crippen LogP contribution in [0.3, 0.4) is 0 Å². The predicted octanol–water partition coefficient (Wildman–Crippen LogP) is 1.52. The molecule has 4 heteroatoms. The lowest BCUT2D eigenvalue weighted by molar-refractivity contribution is 0.0778. The summed E-state index contributed by atoms with van der Waals surface area (Å²) < 4.78 is 5.39. The van der Waals surface area contributed by atoms with Gasteiger partial charge < -0.3 is 9.64 Å². The van der Waals surface area contributed by atoms with Gasteiger partial charge >= 0.3 is 0 Å². The Balaban J connectivity index is 2.03. The van der Waals surface area contributed by atoms with Crippen LogP contribution in [0, 0.1) is 5.92 Å². The first-order chi connectivity index (χ1) is 7.72. The van der Waals surface area contributed by atoms with Crippen LogP contribution in [0.1, 0.15) is 13.8 Å². The normalized spacial score (nSPS) is 19.5. The monoisotopic (exact) mass is 248 g/mol. The third kappa shape index (κ3) is 6.04.